The third kappa shape index (κ3) is 37.8. The van der Waals surface area contributed by atoms with Gasteiger partial charge in [0.15, 0.2) is 0 Å². The highest BCUT2D eigenvalue weighted by Crippen LogP contribution is 2.08. The summed E-state index contributed by atoms with van der Waals surface area (Å²) in [5.41, 5.74) is 0. The van der Waals surface area contributed by atoms with E-state index >= 15 is 0 Å². The van der Waals surface area contributed by atoms with Crippen molar-refractivity contribution >= 4 is 23.9 Å². The fraction of sp³-hybridized carbons (Fsp3) is 0.765. The number of aliphatic hydroxyl groups excluding tert-OH is 1. The molecule has 0 saturated heterocycles. The van der Waals surface area contributed by atoms with Gasteiger partial charge in [-0.25, -0.2) is 0 Å². The lowest BCUT2D eigenvalue weighted by atomic mass is 10.1. The zero-order chi connectivity index (χ0) is 20.8. The molecule has 154 valence electrons. The van der Waals surface area contributed by atoms with Crippen LogP contribution in [0.3, 0.4) is 0 Å². The van der Waals surface area contributed by atoms with Gasteiger partial charge in [-0.2, -0.15) is 0 Å². The van der Waals surface area contributed by atoms with E-state index in [4.69, 9.17) is 25.5 Å². The second-order valence-corrected chi connectivity index (χ2v) is 5.40. The maximum atomic E-state index is 10.1. The summed E-state index contributed by atoms with van der Waals surface area (Å²) in [7, 11) is 1.00. The average Bonchev–Trinajstić information content (AvgIpc) is 2.56. The number of hydrogen-bond donors (Lipinski definition) is 5. The topological polar surface area (TPSA) is 169 Å². The van der Waals surface area contributed by atoms with E-state index in [1.54, 1.807) is 0 Å². The van der Waals surface area contributed by atoms with Gasteiger partial charge in [0, 0.05) is 32.8 Å². The summed E-state index contributed by atoms with van der Waals surface area (Å²) in [6.07, 6.45) is 6.84. The van der Waals surface area contributed by atoms with Gasteiger partial charge in [0.05, 0.1) is 0 Å². The molecule has 0 bridgehead atoms. The van der Waals surface area contributed by atoms with Gasteiger partial charge in [0.1, 0.15) is 0 Å². The van der Waals surface area contributed by atoms with Gasteiger partial charge in [0.25, 0.3) is 0 Å². The Hall–Kier alpha value is -2.16. The van der Waals surface area contributed by atoms with Crippen molar-refractivity contribution in [2.75, 3.05) is 7.11 Å². The Labute approximate surface area is 153 Å². The molecule has 0 aromatic heterocycles. The maximum absolute atomic E-state index is 10.1. The highest BCUT2D eigenvalue weighted by Gasteiger charge is 1.99. The van der Waals surface area contributed by atoms with E-state index in [9.17, 15) is 19.2 Å². The minimum atomic E-state index is -0.870. The molecule has 0 aliphatic carbocycles. The number of aliphatic hydroxyl groups is 1. The molecule has 9 heteroatoms. The molecule has 0 rings (SSSR count). The molecule has 0 atom stereocenters. The number of unbranched alkanes of at least 4 members (excludes halogenated alkanes) is 6. The standard InChI is InChI=1S/C10H18O4.C6H10O4.CH4O/c11-9(12)7-5-3-1-2-4-6-8-10(13)14;7-5(8)3-1-2-4-6(9)10;1-2/h1-8H2,(H,11,12)(H,13,14);1-4H2,(H,7,8)(H,9,10);2H,1H3. The van der Waals surface area contributed by atoms with E-state index in [-0.39, 0.29) is 25.7 Å². The molecule has 0 amide bonds. The van der Waals surface area contributed by atoms with Crippen molar-refractivity contribution in [3.05, 3.63) is 0 Å². The first-order valence-electron chi connectivity index (χ1n) is 8.57. The molecule has 0 radical (unpaired) electrons. The lowest BCUT2D eigenvalue weighted by molar-refractivity contribution is -0.139. The van der Waals surface area contributed by atoms with Crippen LogP contribution in [0.1, 0.15) is 77.0 Å². The molecular weight excluding hydrogens is 348 g/mol. The number of carboxylic acid groups (broad SMARTS) is 4. The SMILES string of the molecule is CO.O=C(O)CCCCC(=O)O.O=C(O)CCCCCCCCC(=O)O. The van der Waals surface area contributed by atoms with Gasteiger partial charge < -0.3 is 25.5 Å². The third-order valence-corrected chi connectivity index (χ3v) is 3.06. The summed E-state index contributed by atoms with van der Waals surface area (Å²) in [6.45, 7) is 0. The summed E-state index contributed by atoms with van der Waals surface area (Å²) in [4.78, 5) is 40.1. The fourth-order valence-corrected chi connectivity index (χ4v) is 1.81. The molecule has 0 fully saturated rings. The predicted octanol–water partition coefficient (Wildman–Crippen LogP) is 2.60. The van der Waals surface area contributed by atoms with Crippen LogP contribution in [0.15, 0.2) is 0 Å². The number of aliphatic carboxylic acids is 4. The first-order chi connectivity index (χ1) is 12.3. The highest BCUT2D eigenvalue weighted by molar-refractivity contribution is 5.68. The average molecular weight is 380 g/mol. The minimum absolute atomic E-state index is 0.0628. The summed E-state index contributed by atoms with van der Waals surface area (Å²) >= 11 is 0. The first kappa shape index (κ1) is 28.6. The summed E-state index contributed by atoms with van der Waals surface area (Å²) < 4.78 is 0. The Morgan fingerprint density at radius 2 is 0.577 bits per heavy atom. The van der Waals surface area contributed by atoms with Gasteiger partial charge in [0.2, 0.25) is 0 Å². The van der Waals surface area contributed by atoms with Gasteiger partial charge in [-0.05, 0) is 25.7 Å². The molecule has 5 N–H and O–H groups in total. The maximum Gasteiger partial charge on any atom is 0.303 e. The lowest BCUT2D eigenvalue weighted by Gasteiger charge is -1.98. The fourth-order valence-electron chi connectivity index (χ4n) is 1.81. The van der Waals surface area contributed by atoms with Crippen molar-refractivity contribution in [2.45, 2.75) is 77.0 Å². The summed E-state index contributed by atoms with van der Waals surface area (Å²) in [5, 5.41) is 40.0. The zero-order valence-corrected chi connectivity index (χ0v) is 15.4. The number of carboxylic acids is 4. The van der Waals surface area contributed by atoms with Crippen molar-refractivity contribution in [1.29, 1.82) is 0 Å². The minimum Gasteiger partial charge on any atom is -0.481 e. The lowest BCUT2D eigenvalue weighted by Crippen LogP contribution is -1.97. The van der Waals surface area contributed by atoms with Crippen molar-refractivity contribution < 1.29 is 44.7 Å². The highest BCUT2D eigenvalue weighted by atomic mass is 16.4. The molecular formula is C17H32O9. The molecule has 0 aliphatic heterocycles. The van der Waals surface area contributed by atoms with E-state index in [1.165, 1.54) is 0 Å². The molecule has 26 heavy (non-hydrogen) atoms. The largest absolute Gasteiger partial charge is 0.481 e. The van der Waals surface area contributed by atoms with Crippen LogP contribution >= 0.6 is 0 Å². The van der Waals surface area contributed by atoms with Crippen LogP contribution in [-0.2, 0) is 19.2 Å². The Kier molecular flexibility index (Phi) is 25.2. The summed E-state index contributed by atoms with van der Waals surface area (Å²) in [6, 6.07) is 0. The van der Waals surface area contributed by atoms with Crippen LogP contribution in [0.4, 0.5) is 0 Å². The Morgan fingerprint density at radius 1 is 0.423 bits per heavy atom. The second kappa shape index (κ2) is 22.8. The Bertz CT molecular complexity index is 344. The van der Waals surface area contributed by atoms with E-state index in [0.717, 1.165) is 45.6 Å². The van der Waals surface area contributed by atoms with Crippen LogP contribution < -0.4 is 0 Å². The number of hydrogen-bond acceptors (Lipinski definition) is 5. The van der Waals surface area contributed by atoms with Crippen LogP contribution in [0.2, 0.25) is 0 Å². The molecule has 0 spiro atoms. The quantitative estimate of drug-likeness (QED) is 0.284. The van der Waals surface area contributed by atoms with Crippen molar-refractivity contribution in [2.24, 2.45) is 0 Å². The number of rotatable bonds is 14. The van der Waals surface area contributed by atoms with E-state index in [0.29, 0.717) is 12.8 Å². The van der Waals surface area contributed by atoms with Crippen LogP contribution in [0.5, 0.6) is 0 Å². The van der Waals surface area contributed by atoms with Crippen LogP contribution in [0.25, 0.3) is 0 Å². The molecule has 0 saturated carbocycles. The first-order valence-corrected chi connectivity index (χ1v) is 8.57. The van der Waals surface area contributed by atoms with E-state index in [1.807, 2.05) is 0 Å². The molecule has 0 aromatic rings. The van der Waals surface area contributed by atoms with Gasteiger partial charge >= 0.3 is 23.9 Å². The predicted molar refractivity (Wildman–Crippen MR) is 94.1 cm³/mol. The Balaban J connectivity index is -0.000000388. The monoisotopic (exact) mass is 380 g/mol. The van der Waals surface area contributed by atoms with Crippen LogP contribution in [0, 0.1) is 0 Å². The van der Waals surface area contributed by atoms with Gasteiger partial charge in [-0.3, -0.25) is 19.2 Å². The van der Waals surface area contributed by atoms with E-state index < -0.39 is 23.9 Å². The molecule has 9 nitrogen and oxygen atoms in total. The van der Waals surface area contributed by atoms with Gasteiger partial charge in [-0.1, -0.05) is 25.7 Å². The van der Waals surface area contributed by atoms with E-state index in [2.05, 4.69) is 0 Å². The van der Waals surface area contributed by atoms with Crippen molar-refractivity contribution in [3.63, 3.8) is 0 Å². The molecule has 0 aromatic carbocycles. The van der Waals surface area contributed by atoms with Gasteiger partial charge in [-0.15, -0.1) is 0 Å². The van der Waals surface area contributed by atoms with Crippen LogP contribution in [-0.4, -0.2) is 56.5 Å². The third-order valence-electron chi connectivity index (χ3n) is 3.06. The Morgan fingerprint density at radius 3 is 0.769 bits per heavy atom. The zero-order valence-electron chi connectivity index (χ0n) is 15.4. The molecule has 0 heterocycles. The molecule has 0 unspecified atom stereocenters. The molecule has 0 aliphatic rings. The normalized spacial score (nSPS) is 9.15. The van der Waals surface area contributed by atoms with Crippen molar-refractivity contribution in [3.8, 4) is 0 Å². The smallest absolute Gasteiger partial charge is 0.303 e. The van der Waals surface area contributed by atoms with Crippen molar-refractivity contribution in [1.82, 2.24) is 0 Å². The summed E-state index contributed by atoms with van der Waals surface area (Å²) in [5.74, 6) is -3.22. The second-order valence-electron chi connectivity index (χ2n) is 5.40. The number of carbonyl (C=O) groups is 4.